The molecule has 0 spiro atoms. The summed E-state index contributed by atoms with van der Waals surface area (Å²) in [5, 5.41) is 11.7. The predicted molar refractivity (Wildman–Crippen MR) is 83.2 cm³/mol. The van der Waals surface area contributed by atoms with Crippen LogP contribution in [0.3, 0.4) is 0 Å². The number of hydrogen-bond acceptors (Lipinski definition) is 4. The van der Waals surface area contributed by atoms with Crippen LogP contribution in [0.15, 0.2) is 42.5 Å². The average Bonchev–Trinajstić information content (AvgIpc) is 2.47. The lowest BCUT2D eigenvalue weighted by atomic mass is 10.1. The van der Waals surface area contributed by atoms with Crippen molar-refractivity contribution in [2.24, 2.45) is 0 Å². The van der Waals surface area contributed by atoms with Gasteiger partial charge in [0.1, 0.15) is 11.4 Å². The highest BCUT2D eigenvalue weighted by molar-refractivity contribution is 6.30. The van der Waals surface area contributed by atoms with Crippen LogP contribution in [-0.2, 0) is 6.54 Å². The number of nitro groups is 1. The van der Waals surface area contributed by atoms with Gasteiger partial charge in [0.15, 0.2) is 0 Å². The van der Waals surface area contributed by atoms with Crippen LogP contribution in [0.4, 0.5) is 11.4 Å². The summed E-state index contributed by atoms with van der Waals surface area (Å²) in [7, 11) is 3.38. The fraction of sp³-hybridized carbons (Fsp3) is 0.200. The molecular formula is C15H15ClN2O3. The van der Waals surface area contributed by atoms with Gasteiger partial charge in [-0.15, -0.1) is 0 Å². The number of anilines is 1. The number of hydrogen-bond donors (Lipinski definition) is 0. The first-order valence-corrected chi connectivity index (χ1v) is 6.67. The zero-order valence-corrected chi connectivity index (χ0v) is 12.5. The second-order valence-electron chi connectivity index (χ2n) is 4.56. The summed E-state index contributed by atoms with van der Waals surface area (Å²) in [6.07, 6.45) is 0. The van der Waals surface area contributed by atoms with E-state index in [0.29, 0.717) is 23.0 Å². The standard InChI is InChI=1S/C15H15ClN2O3/c1-17(13-5-3-4-6-14(13)18(19)20)10-11-9-12(16)7-8-15(11)21-2/h3-9H,10H2,1-2H3. The van der Waals surface area contributed by atoms with Gasteiger partial charge in [-0.3, -0.25) is 10.1 Å². The molecule has 2 rings (SSSR count). The molecule has 2 aromatic carbocycles. The van der Waals surface area contributed by atoms with Crippen molar-refractivity contribution in [2.45, 2.75) is 6.54 Å². The minimum Gasteiger partial charge on any atom is -0.496 e. The zero-order valence-electron chi connectivity index (χ0n) is 11.7. The summed E-state index contributed by atoms with van der Waals surface area (Å²) in [6.45, 7) is 0.453. The van der Waals surface area contributed by atoms with Crippen LogP contribution in [-0.4, -0.2) is 19.1 Å². The van der Waals surface area contributed by atoms with Gasteiger partial charge in [-0.1, -0.05) is 23.7 Å². The van der Waals surface area contributed by atoms with Crippen molar-refractivity contribution in [3.8, 4) is 5.75 Å². The first kappa shape index (κ1) is 15.1. The molecule has 2 aromatic rings. The molecule has 0 amide bonds. The summed E-state index contributed by atoms with van der Waals surface area (Å²) in [5.41, 5.74) is 1.48. The molecule has 21 heavy (non-hydrogen) atoms. The van der Waals surface area contributed by atoms with E-state index < -0.39 is 0 Å². The lowest BCUT2D eigenvalue weighted by molar-refractivity contribution is -0.384. The number of rotatable bonds is 5. The van der Waals surface area contributed by atoms with E-state index in [1.54, 1.807) is 55.5 Å². The first-order valence-electron chi connectivity index (χ1n) is 6.30. The number of nitrogens with zero attached hydrogens (tertiary/aromatic N) is 2. The fourth-order valence-corrected chi connectivity index (χ4v) is 2.35. The largest absolute Gasteiger partial charge is 0.496 e. The highest BCUT2D eigenvalue weighted by Gasteiger charge is 2.17. The SMILES string of the molecule is COc1ccc(Cl)cc1CN(C)c1ccccc1[N+](=O)[O-]. The molecule has 0 radical (unpaired) electrons. The molecule has 0 aromatic heterocycles. The van der Waals surface area contributed by atoms with E-state index in [-0.39, 0.29) is 10.6 Å². The van der Waals surface area contributed by atoms with Crippen LogP contribution in [0.1, 0.15) is 5.56 Å². The Labute approximate surface area is 127 Å². The number of para-hydroxylation sites is 2. The highest BCUT2D eigenvalue weighted by atomic mass is 35.5. The summed E-state index contributed by atoms with van der Waals surface area (Å²) >= 11 is 6.00. The zero-order chi connectivity index (χ0) is 15.4. The third-order valence-electron chi connectivity index (χ3n) is 3.14. The van der Waals surface area contributed by atoms with Crippen LogP contribution in [0.5, 0.6) is 5.75 Å². The van der Waals surface area contributed by atoms with Gasteiger partial charge in [-0.2, -0.15) is 0 Å². The number of nitro benzene ring substituents is 1. The molecule has 0 saturated heterocycles. The van der Waals surface area contributed by atoms with E-state index >= 15 is 0 Å². The van der Waals surface area contributed by atoms with Gasteiger partial charge in [0.2, 0.25) is 0 Å². The molecule has 0 saturated carbocycles. The lowest BCUT2D eigenvalue weighted by Gasteiger charge is -2.20. The maximum absolute atomic E-state index is 11.1. The minimum absolute atomic E-state index is 0.0704. The molecule has 0 aliphatic carbocycles. The van der Waals surface area contributed by atoms with Gasteiger partial charge in [0, 0.05) is 30.2 Å². The summed E-state index contributed by atoms with van der Waals surface area (Å²) in [6, 6.07) is 11.9. The van der Waals surface area contributed by atoms with E-state index in [2.05, 4.69) is 0 Å². The van der Waals surface area contributed by atoms with Crippen molar-refractivity contribution in [3.63, 3.8) is 0 Å². The summed E-state index contributed by atoms with van der Waals surface area (Å²) in [4.78, 5) is 12.5. The van der Waals surface area contributed by atoms with E-state index in [1.807, 2.05) is 0 Å². The molecule has 0 aliphatic heterocycles. The Morgan fingerprint density at radius 1 is 1.29 bits per heavy atom. The van der Waals surface area contributed by atoms with Crippen molar-refractivity contribution >= 4 is 23.0 Å². The Morgan fingerprint density at radius 3 is 2.67 bits per heavy atom. The highest BCUT2D eigenvalue weighted by Crippen LogP contribution is 2.30. The third-order valence-corrected chi connectivity index (χ3v) is 3.37. The molecule has 0 heterocycles. The van der Waals surface area contributed by atoms with Crippen LogP contribution in [0.25, 0.3) is 0 Å². The second-order valence-corrected chi connectivity index (χ2v) is 4.99. The summed E-state index contributed by atoms with van der Waals surface area (Å²) in [5.74, 6) is 0.699. The quantitative estimate of drug-likeness (QED) is 0.621. The van der Waals surface area contributed by atoms with Crippen molar-refractivity contribution in [1.82, 2.24) is 0 Å². The molecule has 0 fully saturated rings. The number of ether oxygens (including phenoxy) is 1. The molecule has 0 aliphatic rings. The predicted octanol–water partition coefficient (Wildman–Crippen LogP) is 3.89. The van der Waals surface area contributed by atoms with E-state index in [0.717, 1.165) is 5.56 Å². The van der Waals surface area contributed by atoms with Gasteiger partial charge in [0.25, 0.3) is 5.69 Å². The molecule has 0 atom stereocenters. The molecule has 0 bridgehead atoms. The fourth-order valence-electron chi connectivity index (χ4n) is 2.15. The van der Waals surface area contributed by atoms with Crippen LogP contribution >= 0.6 is 11.6 Å². The van der Waals surface area contributed by atoms with E-state index in [1.165, 1.54) is 6.07 Å². The van der Waals surface area contributed by atoms with Gasteiger partial charge in [0.05, 0.1) is 12.0 Å². The molecule has 0 N–H and O–H groups in total. The smallest absolute Gasteiger partial charge is 0.292 e. The number of benzene rings is 2. The second kappa shape index (κ2) is 6.45. The third kappa shape index (κ3) is 3.44. The molecule has 5 nitrogen and oxygen atoms in total. The topological polar surface area (TPSA) is 55.6 Å². The van der Waals surface area contributed by atoms with Gasteiger partial charge in [-0.05, 0) is 24.3 Å². The Morgan fingerprint density at radius 2 is 2.00 bits per heavy atom. The van der Waals surface area contributed by atoms with Gasteiger partial charge in [-0.25, -0.2) is 0 Å². The normalized spacial score (nSPS) is 10.2. The first-order chi connectivity index (χ1) is 10.0. The van der Waals surface area contributed by atoms with Gasteiger partial charge < -0.3 is 9.64 Å². The maximum Gasteiger partial charge on any atom is 0.292 e. The number of methoxy groups -OCH3 is 1. The minimum atomic E-state index is -0.388. The summed E-state index contributed by atoms with van der Waals surface area (Å²) < 4.78 is 5.30. The van der Waals surface area contributed by atoms with Crippen molar-refractivity contribution in [1.29, 1.82) is 0 Å². The van der Waals surface area contributed by atoms with Crippen LogP contribution < -0.4 is 9.64 Å². The molecule has 0 unspecified atom stereocenters. The van der Waals surface area contributed by atoms with E-state index in [9.17, 15) is 10.1 Å². The average molecular weight is 307 g/mol. The molecule has 110 valence electrons. The van der Waals surface area contributed by atoms with Crippen LogP contribution in [0.2, 0.25) is 5.02 Å². The van der Waals surface area contributed by atoms with Crippen molar-refractivity contribution < 1.29 is 9.66 Å². The Bertz CT molecular complexity index is 661. The van der Waals surface area contributed by atoms with Crippen molar-refractivity contribution in [3.05, 3.63) is 63.2 Å². The maximum atomic E-state index is 11.1. The van der Waals surface area contributed by atoms with E-state index in [4.69, 9.17) is 16.3 Å². The van der Waals surface area contributed by atoms with Crippen molar-refractivity contribution in [2.75, 3.05) is 19.1 Å². The van der Waals surface area contributed by atoms with Crippen LogP contribution in [0, 0.1) is 10.1 Å². The molecular weight excluding hydrogens is 292 g/mol. The lowest BCUT2D eigenvalue weighted by Crippen LogP contribution is -2.18. The Kier molecular flexibility index (Phi) is 4.65. The Balaban J connectivity index is 2.32. The van der Waals surface area contributed by atoms with Gasteiger partial charge >= 0.3 is 0 Å². The monoisotopic (exact) mass is 306 g/mol. The number of halogens is 1. The Hall–Kier alpha value is -2.27. The molecule has 6 heteroatoms.